The number of carbonyl (C=O) groups is 2. The van der Waals surface area contributed by atoms with Gasteiger partial charge in [-0.3, -0.25) is 9.59 Å². The van der Waals surface area contributed by atoms with Crippen LogP contribution in [-0.4, -0.2) is 42.5 Å². The Morgan fingerprint density at radius 2 is 2.15 bits per heavy atom. The van der Waals surface area contributed by atoms with Crippen LogP contribution in [0.1, 0.15) is 23.9 Å². The Balaban J connectivity index is 0.00000261. The Bertz CT molecular complexity index is 766. The van der Waals surface area contributed by atoms with E-state index in [1.165, 1.54) is 6.26 Å². The minimum atomic E-state index is -0.345. The van der Waals surface area contributed by atoms with Gasteiger partial charge in [0, 0.05) is 24.3 Å². The van der Waals surface area contributed by atoms with E-state index in [1.807, 2.05) is 11.8 Å². The first kappa shape index (κ1) is 20.8. The molecule has 27 heavy (non-hydrogen) atoms. The van der Waals surface area contributed by atoms with E-state index in [4.69, 9.17) is 14.9 Å². The zero-order valence-corrected chi connectivity index (χ0v) is 15.9. The van der Waals surface area contributed by atoms with Crippen molar-refractivity contribution in [1.29, 1.82) is 0 Å². The molecule has 3 N–H and O–H groups in total. The van der Waals surface area contributed by atoms with E-state index in [0.717, 1.165) is 6.42 Å². The molecule has 2 aromatic rings. The van der Waals surface area contributed by atoms with E-state index in [1.54, 1.807) is 36.4 Å². The largest absolute Gasteiger partial charge is 0.484 e. The van der Waals surface area contributed by atoms with E-state index in [0.29, 0.717) is 30.4 Å². The quantitative estimate of drug-likeness (QED) is 0.785. The second kappa shape index (κ2) is 9.43. The molecule has 7 nitrogen and oxygen atoms in total. The number of hydrogen-bond acceptors (Lipinski definition) is 5. The number of furan rings is 1. The minimum absolute atomic E-state index is 0. The third-order valence-electron chi connectivity index (χ3n) is 4.51. The minimum Gasteiger partial charge on any atom is -0.484 e. The van der Waals surface area contributed by atoms with E-state index in [9.17, 15) is 9.59 Å². The lowest BCUT2D eigenvalue weighted by molar-refractivity contribution is -0.134. The molecule has 2 amide bonds. The van der Waals surface area contributed by atoms with Crippen LogP contribution in [0.15, 0.2) is 47.1 Å². The van der Waals surface area contributed by atoms with Gasteiger partial charge in [-0.15, -0.1) is 12.4 Å². The van der Waals surface area contributed by atoms with Gasteiger partial charge in [-0.25, -0.2) is 0 Å². The number of benzene rings is 1. The molecule has 1 saturated heterocycles. The molecule has 1 aromatic carbocycles. The Labute approximate surface area is 164 Å². The number of likely N-dealkylation sites (tertiary alicyclic amines) is 1. The zero-order valence-electron chi connectivity index (χ0n) is 15.1. The third kappa shape index (κ3) is 5.24. The normalized spacial score (nSPS) is 18.7. The molecule has 0 spiro atoms. The number of hydrogen-bond donors (Lipinski definition) is 2. The standard InChI is InChI=1S/C19H23N3O4.ClH/c1-13-8-14(10-20)11-22(13)18(23)12-26-16-5-2-4-15(9-16)21-19(24)17-6-3-7-25-17;/h2-7,9,13-14H,8,10-12,20H2,1H3,(H,21,24);1H. The maximum Gasteiger partial charge on any atom is 0.291 e. The molecule has 1 fully saturated rings. The van der Waals surface area contributed by atoms with Gasteiger partial charge in [0.25, 0.3) is 11.8 Å². The van der Waals surface area contributed by atoms with Gasteiger partial charge in [-0.1, -0.05) is 6.07 Å². The van der Waals surface area contributed by atoms with E-state index >= 15 is 0 Å². The van der Waals surface area contributed by atoms with E-state index in [2.05, 4.69) is 5.32 Å². The van der Waals surface area contributed by atoms with Crippen molar-refractivity contribution in [3.63, 3.8) is 0 Å². The lowest BCUT2D eigenvalue weighted by Crippen LogP contribution is -2.37. The predicted molar refractivity (Wildman–Crippen MR) is 104 cm³/mol. The van der Waals surface area contributed by atoms with Crippen LogP contribution in [-0.2, 0) is 4.79 Å². The van der Waals surface area contributed by atoms with Crippen LogP contribution in [0.2, 0.25) is 0 Å². The highest BCUT2D eigenvalue weighted by molar-refractivity contribution is 6.02. The Hall–Kier alpha value is -2.51. The molecular formula is C19H24ClN3O4. The van der Waals surface area contributed by atoms with Gasteiger partial charge in [0.1, 0.15) is 5.75 Å². The fourth-order valence-corrected chi connectivity index (χ4v) is 3.15. The summed E-state index contributed by atoms with van der Waals surface area (Å²) in [4.78, 5) is 26.2. The van der Waals surface area contributed by atoms with Crippen molar-refractivity contribution < 1.29 is 18.7 Å². The topological polar surface area (TPSA) is 97.8 Å². The summed E-state index contributed by atoms with van der Waals surface area (Å²) in [6, 6.07) is 10.3. The van der Waals surface area contributed by atoms with Crippen molar-refractivity contribution in [2.45, 2.75) is 19.4 Å². The lowest BCUT2D eigenvalue weighted by atomic mass is 10.1. The second-order valence-corrected chi connectivity index (χ2v) is 6.48. The number of amides is 2. The average Bonchev–Trinajstić information content (AvgIpc) is 3.29. The molecule has 0 saturated carbocycles. The second-order valence-electron chi connectivity index (χ2n) is 6.48. The van der Waals surface area contributed by atoms with E-state index < -0.39 is 0 Å². The predicted octanol–water partition coefficient (Wildman–Crippen LogP) is 2.53. The van der Waals surface area contributed by atoms with Crippen LogP contribution in [0.5, 0.6) is 5.75 Å². The van der Waals surface area contributed by atoms with Gasteiger partial charge in [0.2, 0.25) is 0 Å². The Morgan fingerprint density at radius 1 is 1.33 bits per heavy atom. The molecule has 8 heteroatoms. The first-order valence-corrected chi connectivity index (χ1v) is 8.64. The van der Waals surface area contributed by atoms with Crippen LogP contribution in [0.4, 0.5) is 5.69 Å². The van der Waals surface area contributed by atoms with Gasteiger partial charge in [-0.05, 0) is 50.1 Å². The summed E-state index contributed by atoms with van der Waals surface area (Å²) >= 11 is 0. The number of rotatable bonds is 6. The Kier molecular flexibility index (Phi) is 7.27. The Morgan fingerprint density at radius 3 is 2.81 bits per heavy atom. The zero-order chi connectivity index (χ0) is 18.5. The molecule has 2 heterocycles. The summed E-state index contributed by atoms with van der Waals surface area (Å²) in [6.07, 6.45) is 2.37. The molecule has 2 atom stereocenters. The van der Waals surface area contributed by atoms with Crippen molar-refractivity contribution in [2.75, 3.05) is 25.0 Å². The van der Waals surface area contributed by atoms with E-state index in [-0.39, 0.29) is 42.6 Å². The fourth-order valence-electron chi connectivity index (χ4n) is 3.15. The first-order valence-electron chi connectivity index (χ1n) is 8.64. The highest BCUT2D eigenvalue weighted by atomic mass is 35.5. The van der Waals surface area contributed by atoms with Crippen LogP contribution in [0.3, 0.4) is 0 Å². The molecule has 1 aliphatic heterocycles. The molecule has 146 valence electrons. The number of nitrogens with one attached hydrogen (secondary N) is 1. The summed E-state index contributed by atoms with van der Waals surface area (Å²) < 4.78 is 10.7. The highest BCUT2D eigenvalue weighted by Crippen LogP contribution is 2.23. The van der Waals surface area contributed by atoms with Crippen molar-refractivity contribution >= 4 is 29.9 Å². The van der Waals surface area contributed by atoms with Gasteiger partial charge in [-0.2, -0.15) is 0 Å². The molecule has 3 rings (SSSR count). The summed E-state index contributed by atoms with van der Waals surface area (Å²) in [5, 5.41) is 2.73. The molecule has 1 aromatic heterocycles. The monoisotopic (exact) mass is 393 g/mol. The van der Waals surface area contributed by atoms with Crippen molar-refractivity contribution in [3.05, 3.63) is 48.4 Å². The number of nitrogens with zero attached hydrogens (tertiary/aromatic N) is 1. The molecule has 2 unspecified atom stereocenters. The van der Waals surface area contributed by atoms with Crippen molar-refractivity contribution in [2.24, 2.45) is 11.7 Å². The molecular weight excluding hydrogens is 370 g/mol. The number of halogens is 1. The smallest absolute Gasteiger partial charge is 0.291 e. The number of anilines is 1. The number of carbonyl (C=O) groups excluding carboxylic acids is 2. The van der Waals surface area contributed by atoms with Gasteiger partial charge in [0.15, 0.2) is 12.4 Å². The maximum absolute atomic E-state index is 12.4. The SMILES string of the molecule is CC1CC(CN)CN1C(=O)COc1cccc(NC(=O)c2ccco2)c1.Cl. The summed E-state index contributed by atoms with van der Waals surface area (Å²) in [6.45, 7) is 3.25. The molecule has 0 aliphatic carbocycles. The highest BCUT2D eigenvalue weighted by Gasteiger charge is 2.31. The molecule has 1 aliphatic rings. The molecule has 0 bridgehead atoms. The van der Waals surface area contributed by atoms with Gasteiger partial charge >= 0.3 is 0 Å². The van der Waals surface area contributed by atoms with Crippen LogP contribution < -0.4 is 15.8 Å². The van der Waals surface area contributed by atoms with Gasteiger partial charge < -0.3 is 25.1 Å². The van der Waals surface area contributed by atoms with Crippen LogP contribution in [0.25, 0.3) is 0 Å². The van der Waals surface area contributed by atoms with Crippen LogP contribution >= 0.6 is 12.4 Å². The van der Waals surface area contributed by atoms with Crippen molar-refractivity contribution in [3.8, 4) is 5.75 Å². The number of ether oxygens (including phenoxy) is 1. The summed E-state index contributed by atoms with van der Waals surface area (Å²) in [5.74, 6) is 0.691. The summed E-state index contributed by atoms with van der Waals surface area (Å²) in [5.41, 5.74) is 6.27. The third-order valence-corrected chi connectivity index (χ3v) is 4.51. The van der Waals surface area contributed by atoms with Gasteiger partial charge in [0.05, 0.1) is 6.26 Å². The average molecular weight is 394 g/mol. The van der Waals surface area contributed by atoms with Crippen LogP contribution in [0, 0.1) is 5.92 Å². The number of nitrogens with two attached hydrogens (primary N) is 1. The van der Waals surface area contributed by atoms with Crippen molar-refractivity contribution in [1.82, 2.24) is 4.90 Å². The fraction of sp³-hybridized carbons (Fsp3) is 0.368. The molecule has 0 radical (unpaired) electrons. The first-order chi connectivity index (χ1) is 12.6. The summed E-state index contributed by atoms with van der Waals surface area (Å²) in [7, 11) is 0. The maximum atomic E-state index is 12.4. The lowest BCUT2D eigenvalue weighted by Gasteiger charge is -2.21.